The minimum absolute atomic E-state index is 0.0409. The van der Waals surface area contributed by atoms with Crippen molar-refractivity contribution in [2.45, 2.75) is 35.6 Å². The van der Waals surface area contributed by atoms with Crippen LogP contribution >= 0.6 is 0 Å². The summed E-state index contributed by atoms with van der Waals surface area (Å²) in [7, 11) is -1.41. The molecule has 1 heterocycles. The van der Waals surface area contributed by atoms with Crippen LogP contribution in [0.25, 0.3) is 0 Å². The van der Waals surface area contributed by atoms with Gasteiger partial charge >= 0.3 is 0 Å². The molecule has 4 rings (SSSR count). The molecule has 0 saturated heterocycles. The van der Waals surface area contributed by atoms with Crippen molar-refractivity contribution in [3.05, 3.63) is 120 Å². The van der Waals surface area contributed by atoms with E-state index in [1.807, 2.05) is 67.6 Å². The summed E-state index contributed by atoms with van der Waals surface area (Å²) in [6.45, 7) is 2.00. The maximum atomic E-state index is 13.3. The number of nitrogens with zero attached hydrogens (tertiary/aromatic N) is 1. The first-order chi connectivity index (χ1) is 15.1. The van der Waals surface area contributed by atoms with E-state index >= 15 is 0 Å². The number of hydrogen-bond acceptors (Lipinski definition) is 2. The zero-order valence-corrected chi connectivity index (χ0v) is 18.3. The summed E-state index contributed by atoms with van der Waals surface area (Å²) in [5.41, 5.74) is 3.44. The second kappa shape index (κ2) is 9.71. The van der Waals surface area contributed by atoms with E-state index in [1.54, 1.807) is 22.9 Å². The quantitative estimate of drug-likeness (QED) is 0.362. The van der Waals surface area contributed by atoms with Gasteiger partial charge in [-0.25, -0.2) is 4.21 Å². The van der Waals surface area contributed by atoms with Gasteiger partial charge in [-0.2, -0.15) is 0 Å². The lowest BCUT2D eigenvalue weighted by Gasteiger charge is -2.18. The highest BCUT2D eigenvalue weighted by molar-refractivity contribution is 7.85. The fraction of sp³-hybridized carbons (Fsp3) is 0.148. The predicted octanol–water partition coefficient (Wildman–Crippen LogP) is 6.02. The Morgan fingerprint density at radius 1 is 0.839 bits per heavy atom. The van der Waals surface area contributed by atoms with Crippen LogP contribution in [-0.4, -0.2) is 14.7 Å². The van der Waals surface area contributed by atoms with E-state index in [1.165, 1.54) is 5.56 Å². The maximum absolute atomic E-state index is 13.3. The Morgan fingerprint density at radius 2 is 1.48 bits per heavy atom. The van der Waals surface area contributed by atoms with Gasteiger partial charge in [-0.15, -0.1) is 0 Å². The number of hydrogen-bond donors (Lipinski definition) is 0. The van der Waals surface area contributed by atoms with E-state index < -0.39 is 10.8 Å². The molecule has 156 valence electrons. The molecular weight excluding hydrogens is 402 g/mol. The highest BCUT2D eigenvalue weighted by Crippen LogP contribution is 2.26. The summed E-state index contributed by atoms with van der Waals surface area (Å²) in [6, 6.07) is 31.5. The molecule has 4 heteroatoms. The van der Waals surface area contributed by atoms with Crippen LogP contribution in [0.3, 0.4) is 0 Å². The van der Waals surface area contributed by atoms with Crippen LogP contribution in [-0.2, 0) is 17.2 Å². The summed E-state index contributed by atoms with van der Waals surface area (Å²) >= 11 is 0. The van der Waals surface area contributed by atoms with Crippen LogP contribution in [0.4, 0.5) is 0 Å². The van der Waals surface area contributed by atoms with Gasteiger partial charge in [0.2, 0.25) is 5.91 Å². The molecule has 0 aliphatic rings. The van der Waals surface area contributed by atoms with Crippen LogP contribution in [0.2, 0.25) is 0 Å². The van der Waals surface area contributed by atoms with Gasteiger partial charge in [0.15, 0.2) is 0 Å². The standard InChI is InChI=1S/C27H25NO2S/c1-21-14-16-25(17-15-21)31(30)27-13-8-18-28(27)26(29)20-24(23-11-6-3-7-12-23)19-22-9-4-2-5-10-22/h2-18,24H,19-20H2,1H3/t24-,31?/m1/s1. The predicted molar refractivity (Wildman–Crippen MR) is 125 cm³/mol. The lowest BCUT2D eigenvalue weighted by Crippen LogP contribution is -2.18. The molecule has 0 amide bonds. The highest BCUT2D eigenvalue weighted by atomic mass is 32.2. The monoisotopic (exact) mass is 427 g/mol. The Kier molecular flexibility index (Phi) is 6.58. The van der Waals surface area contributed by atoms with Gasteiger partial charge in [-0.05, 0) is 54.7 Å². The van der Waals surface area contributed by atoms with E-state index in [0.29, 0.717) is 16.3 Å². The first-order valence-electron chi connectivity index (χ1n) is 10.4. The number of rotatable bonds is 7. The summed E-state index contributed by atoms with van der Waals surface area (Å²) in [5.74, 6) is -0.00981. The second-order valence-electron chi connectivity index (χ2n) is 7.69. The van der Waals surface area contributed by atoms with Crippen LogP contribution in [0.1, 0.15) is 33.8 Å². The van der Waals surface area contributed by atoms with Gasteiger partial charge < -0.3 is 0 Å². The summed E-state index contributed by atoms with van der Waals surface area (Å²) in [5, 5.41) is 0.514. The van der Waals surface area contributed by atoms with Crippen LogP contribution in [0, 0.1) is 6.92 Å². The van der Waals surface area contributed by atoms with Crippen molar-refractivity contribution in [3.63, 3.8) is 0 Å². The fourth-order valence-corrected chi connectivity index (χ4v) is 4.91. The molecule has 0 radical (unpaired) electrons. The largest absolute Gasteiger partial charge is 0.279 e. The molecule has 0 aliphatic carbocycles. The number of carbonyl (C=O) groups excluding carboxylic acids is 1. The topological polar surface area (TPSA) is 39.1 Å². The van der Waals surface area contributed by atoms with Crippen molar-refractivity contribution in [1.82, 2.24) is 4.57 Å². The summed E-state index contributed by atoms with van der Waals surface area (Å²) in [6.07, 6.45) is 2.83. The third-order valence-corrected chi connectivity index (χ3v) is 6.83. The first-order valence-corrected chi connectivity index (χ1v) is 11.5. The average Bonchev–Trinajstić information content (AvgIpc) is 3.30. The molecular formula is C27H25NO2S. The van der Waals surface area contributed by atoms with Crippen LogP contribution in [0.15, 0.2) is 113 Å². The third-order valence-electron chi connectivity index (χ3n) is 5.42. The van der Waals surface area contributed by atoms with E-state index in [2.05, 4.69) is 24.3 Å². The molecule has 0 bridgehead atoms. The van der Waals surface area contributed by atoms with Crippen molar-refractivity contribution in [3.8, 4) is 0 Å². The molecule has 0 spiro atoms. The number of aryl methyl sites for hydroxylation is 1. The molecule has 2 atom stereocenters. The van der Waals surface area contributed by atoms with Crippen molar-refractivity contribution in [2.75, 3.05) is 0 Å². The molecule has 31 heavy (non-hydrogen) atoms. The van der Waals surface area contributed by atoms with Gasteiger partial charge in [-0.3, -0.25) is 9.36 Å². The Hall–Kier alpha value is -3.24. The van der Waals surface area contributed by atoms with Gasteiger partial charge in [-0.1, -0.05) is 78.4 Å². The number of carbonyl (C=O) groups is 1. The molecule has 1 unspecified atom stereocenters. The normalized spacial score (nSPS) is 12.9. The first kappa shape index (κ1) is 21.0. The van der Waals surface area contributed by atoms with Gasteiger partial charge in [0.25, 0.3) is 0 Å². The van der Waals surface area contributed by atoms with Crippen LogP contribution in [0.5, 0.6) is 0 Å². The molecule has 0 saturated carbocycles. The van der Waals surface area contributed by atoms with E-state index in [-0.39, 0.29) is 11.8 Å². The lowest BCUT2D eigenvalue weighted by molar-refractivity contribution is 0.0883. The molecule has 3 nitrogen and oxygen atoms in total. The zero-order valence-electron chi connectivity index (χ0n) is 17.5. The summed E-state index contributed by atoms with van der Waals surface area (Å²) in [4.78, 5) is 14.0. The maximum Gasteiger partial charge on any atom is 0.232 e. The van der Waals surface area contributed by atoms with E-state index in [9.17, 15) is 9.00 Å². The fourth-order valence-electron chi connectivity index (χ4n) is 3.75. The molecule has 4 aromatic rings. The number of aromatic nitrogens is 1. The highest BCUT2D eigenvalue weighted by Gasteiger charge is 2.21. The second-order valence-corrected chi connectivity index (χ2v) is 9.12. The molecule has 1 aromatic heterocycles. The third kappa shape index (κ3) is 5.09. The Morgan fingerprint density at radius 3 is 2.16 bits per heavy atom. The van der Waals surface area contributed by atoms with Gasteiger partial charge in [0.05, 0.1) is 0 Å². The van der Waals surface area contributed by atoms with Crippen molar-refractivity contribution >= 4 is 16.7 Å². The zero-order chi connectivity index (χ0) is 21.6. The Balaban J connectivity index is 1.59. The molecule has 0 N–H and O–H groups in total. The smallest absolute Gasteiger partial charge is 0.232 e. The number of benzene rings is 3. The minimum Gasteiger partial charge on any atom is -0.279 e. The SMILES string of the molecule is Cc1ccc(S(=O)c2cccn2C(=O)C[C@@H](Cc2ccccc2)c2ccccc2)cc1. The molecule has 3 aromatic carbocycles. The lowest BCUT2D eigenvalue weighted by atomic mass is 9.89. The molecule has 0 aliphatic heterocycles. The van der Waals surface area contributed by atoms with Gasteiger partial charge in [0, 0.05) is 17.5 Å². The Labute approximate surface area is 185 Å². The summed E-state index contributed by atoms with van der Waals surface area (Å²) < 4.78 is 14.7. The van der Waals surface area contributed by atoms with Crippen molar-refractivity contribution in [2.24, 2.45) is 0 Å². The van der Waals surface area contributed by atoms with Crippen LogP contribution < -0.4 is 0 Å². The van der Waals surface area contributed by atoms with Gasteiger partial charge in [0.1, 0.15) is 15.8 Å². The van der Waals surface area contributed by atoms with E-state index in [0.717, 1.165) is 17.5 Å². The van der Waals surface area contributed by atoms with Crippen molar-refractivity contribution in [1.29, 1.82) is 0 Å². The molecule has 0 fully saturated rings. The Bertz CT molecular complexity index is 1160. The van der Waals surface area contributed by atoms with Crippen molar-refractivity contribution < 1.29 is 9.00 Å². The average molecular weight is 428 g/mol. The van der Waals surface area contributed by atoms with E-state index in [4.69, 9.17) is 0 Å². The minimum atomic E-state index is -1.41.